The first-order chi connectivity index (χ1) is 10.7. The summed E-state index contributed by atoms with van der Waals surface area (Å²) >= 11 is 1.45. The Kier molecular flexibility index (Phi) is 4.33. The minimum Gasteiger partial charge on any atom is -0.497 e. The Morgan fingerprint density at radius 2 is 2.09 bits per heavy atom. The summed E-state index contributed by atoms with van der Waals surface area (Å²) in [6, 6.07) is 7.79. The molecule has 2 aromatic heterocycles. The van der Waals surface area contributed by atoms with Crippen molar-refractivity contribution in [2.45, 2.75) is 24.4 Å². The van der Waals surface area contributed by atoms with Gasteiger partial charge in [0.25, 0.3) is 0 Å². The van der Waals surface area contributed by atoms with Crippen LogP contribution in [0.4, 0.5) is 0 Å². The summed E-state index contributed by atoms with van der Waals surface area (Å²) in [5.74, 6) is 2.53. The van der Waals surface area contributed by atoms with Crippen LogP contribution in [0.2, 0.25) is 0 Å². The van der Waals surface area contributed by atoms with Gasteiger partial charge in [-0.15, -0.1) is 5.10 Å². The first-order valence-electron chi connectivity index (χ1n) is 6.55. The third kappa shape index (κ3) is 3.42. The van der Waals surface area contributed by atoms with E-state index in [0.717, 1.165) is 11.3 Å². The SMILES string of the molecule is COc1ccc(Cn2nnnc2SCc2nc(C)no2)cc1. The van der Waals surface area contributed by atoms with Gasteiger partial charge in [-0.1, -0.05) is 29.1 Å². The van der Waals surface area contributed by atoms with Crippen LogP contribution in [-0.2, 0) is 12.3 Å². The van der Waals surface area contributed by atoms with E-state index >= 15 is 0 Å². The summed E-state index contributed by atoms with van der Waals surface area (Å²) in [5.41, 5.74) is 1.09. The van der Waals surface area contributed by atoms with E-state index in [2.05, 4.69) is 25.7 Å². The van der Waals surface area contributed by atoms with Crippen molar-refractivity contribution in [1.29, 1.82) is 0 Å². The minimum atomic E-state index is 0.532. The van der Waals surface area contributed by atoms with Gasteiger partial charge < -0.3 is 9.26 Å². The molecule has 0 saturated carbocycles. The monoisotopic (exact) mass is 318 g/mol. The summed E-state index contributed by atoms with van der Waals surface area (Å²) in [5, 5.41) is 16.2. The molecule has 0 spiro atoms. The molecule has 0 aliphatic carbocycles. The van der Waals surface area contributed by atoms with Crippen LogP contribution in [-0.4, -0.2) is 37.5 Å². The van der Waals surface area contributed by atoms with Crippen LogP contribution in [0.25, 0.3) is 0 Å². The molecular formula is C13H14N6O2S. The zero-order valence-electron chi connectivity index (χ0n) is 12.1. The second-order valence-electron chi connectivity index (χ2n) is 4.49. The Labute approximate surface area is 130 Å². The topological polar surface area (TPSA) is 91.8 Å². The van der Waals surface area contributed by atoms with E-state index in [4.69, 9.17) is 9.26 Å². The van der Waals surface area contributed by atoms with Gasteiger partial charge in [-0.2, -0.15) is 4.98 Å². The van der Waals surface area contributed by atoms with E-state index in [1.165, 1.54) is 11.8 Å². The van der Waals surface area contributed by atoms with E-state index in [9.17, 15) is 0 Å². The van der Waals surface area contributed by atoms with Crippen molar-refractivity contribution in [1.82, 2.24) is 30.3 Å². The number of rotatable bonds is 6. The van der Waals surface area contributed by atoms with Crippen LogP contribution in [0.5, 0.6) is 5.75 Å². The van der Waals surface area contributed by atoms with Crippen molar-refractivity contribution in [3.63, 3.8) is 0 Å². The number of ether oxygens (including phenoxy) is 1. The zero-order chi connectivity index (χ0) is 15.4. The lowest BCUT2D eigenvalue weighted by Crippen LogP contribution is -2.04. The molecule has 0 aliphatic rings. The third-order valence-corrected chi connectivity index (χ3v) is 3.83. The van der Waals surface area contributed by atoms with Gasteiger partial charge in [0.15, 0.2) is 5.82 Å². The molecule has 0 amide bonds. The van der Waals surface area contributed by atoms with Crippen LogP contribution >= 0.6 is 11.8 Å². The number of nitrogens with zero attached hydrogens (tertiary/aromatic N) is 6. The fourth-order valence-electron chi connectivity index (χ4n) is 1.83. The lowest BCUT2D eigenvalue weighted by molar-refractivity contribution is 0.387. The highest BCUT2D eigenvalue weighted by atomic mass is 32.2. The number of thioether (sulfide) groups is 1. The van der Waals surface area contributed by atoms with E-state index in [0.29, 0.717) is 29.2 Å². The van der Waals surface area contributed by atoms with Crippen molar-refractivity contribution >= 4 is 11.8 Å². The van der Waals surface area contributed by atoms with Crippen molar-refractivity contribution < 1.29 is 9.26 Å². The van der Waals surface area contributed by atoms with Gasteiger partial charge in [0.1, 0.15) is 5.75 Å². The van der Waals surface area contributed by atoms with Gasteiger partial charge in [-0.3, -0.25) is 0 Å². The summed E-state index contributed by atoms with van der Waals surface area (Å²) in [4.78, 5) is 4.15. The molecule has 114 valence electrons. The van der Waals surface area contributed by atoms with Crippen LogP contribution in [0, 0.1) is 6.92 Å². The van der Waals surface area contributed by atoms with E-state index in [1.54, 1.807) is 18.7 Å². The molecule has 3 aromatic rings. The van der Waals surface area contributed by atoms with Crippen LogP contribution in [0.1, 0.15) is 17.3 Å². The number of aryl methyl sites for hydroxylation is 1. The molecule has 0 aliphatic heterocycles. The first kappa shape index (κ1) is 14.5. The minimum absolute atomic E-state index is 0.532. The van der Waals surface area contributed by atoms with Crippen molar-refractivity contribution in [3.05, 3.63) is 41.5 Å². The second-order valence-corrected chi connectivity index (χ2v) is 5.43. The average Bonchev–Trinajstić information content (AvgIpc) is 3.15. The number of aromatic nitrogens is 6. The predicted octanol–water partition coefficient (Wildman–Crippen LogP) is 1.71. The molecular weight excluding hydrogens is 304 g/mol. The number of tetrazole rings is 1. The maximum Gasteiger partial charge on any atom is 0.237 e. The van der Waals surface area contributed by atoms with Gasteiger partial charge in [-0.25, -0.2) is 4.68 Å². The molecule has 0 saturated heterocycles. The normalized spacial score (nSPS) is 10.8. The third-order valence-electron chi connectivity index (χ3n) is 2.88. The second kappa shape index (κ2) is 6.56. The lowest BCUT2D eigenvalue weighted by Gasteiger charge is -2.05. The molecule has 0 radical (unpaired) electrons. The number of benzene rings is 1. The lowest BCUT2D eigenvalue weighted by atomic mass is 10.2. The van der Waals surface area contributed by atoms with Crippen molar-refractivity contribution in [3.8, 4) is 5.75 Å². The van der Waals surface area contributed by atoms with Gasteiger partial charge in [0.2, 0.25) is 11.0 Å². The molecule has 1 aromatic carbocycles. The van der Waals surface area contributed by atoms with Gasteiger partial charge in [0, 0.05) is 0 Å². The Morgan fingerprint density at radius 1 is 1.27 bits per heavy atom. The number of hydrogen-bond acceptors (Lipinski definition) is 8. The predicted molar refractivity (Wildman–Crippen MR) is 78.5 cm³/mol. The molecule has 0 bridgehead atoms. The molecule has 0 N–H and O–H groups in total. The highest BCUT2D eigenvalue weighted by Gasteiger charge is 2.10. The largest absolute Gasteiger partial charge is 0.497 e. The molecule has 3 rings (SSSR count). The maximum atomic E-state index is 5.14. The van der Waals surface area contributed by atoms with Crippen molar-refractivity contribution in [2.75, 3.05) is 7.11 Å². The summed E-state index contributed by atoms with van der Waals surface area (Å²) in [6.45, 7) is 2.37. The van der Waals surface area contributed by atoms with Crippen molar-refractivity contribution in [2.24, 2.45) is 0 Å². The molecule has 2 heterocycles. The average molecular weight is 318 g/mol. The Hall–Kier alpha value is -2.42. The molecule has 0 unspecified atom stereocenters. The highest BCUT2D eigenvalue weighted by molar-refractivity contribution is 7.98. The fraction of sp³-hybridized carbons (Fsp3) is 0.308. The molecule has 0 atom stereocenters. The molecule has 9 heteroatoms. The smallest absolute Gasteiger partial charge is 0.237 e. The standard InChI is InChI=1S/C13H14N6O2S/c1-9-14-12(21-16-9)8-22-13-15-17-18-19(13)7-10-3-5-11(20-2)6-4-10/h3-6H,7-8H2,1-2H3. The fourth-order valence-corrected chi connectivity index (χ4v) is 2.54. The molecule has 0 fully saturated rings. The Bertz CT molecular complexity index is 739. The quantitative estimate of drug-likeness (QED) is 0.634. The van der Waals surface area contributed by atoms with Crippen LogP contribution in [0.3, 0.4) is 0 Å². The Morgan fingerprint density at radius 3 is 2.77 bits per heavy atom. The molecule has 8 nitrogen and oxygen atoms in total. The number of methoxy groups -OCH3 is 1. The Balaban J connectivity index is 1.66. The first-order valence-corrected chi connectivity index (χ1v) is 7.54. The molecule has 22 heavy (non-hydrogen) atoms. The van der Waals surface area contributed by atoms with Crippen LogP contribution in [0.15, 0.2) is 33.9 Å². The van der Waals surface area contributed by atoms with E-state index in [1.807, 2.05) is 24.3 Å². The summed E-state index contributed by atoms with van der Waals surface area (Å²) in [7, 11) is 1.64. The number of hydrogen-bond donors (Lipinski definition) is 0. The van der Waals surface area contributed by atoms with Gasteiger partial charge in [-0.05, 0) is 35.0 Å². The highest BCUT2D eigenvalue weighted by Crippen LogP contribution is 2.20. The van der Waals surface area contributed by atoms with E-state index in [-0.39, 0.29) is 0 Å². The van der Waals surface area contributed by atoms with Gasteiger partial charge in [0.05, 0.1) is 19.4 Å². The van der Waals surface area contributed by atoms with Crippen LogP contribution < -0.4 is 4.74 Å². The van der Waals surface area contributed by atoms with Gasteiger partial charge >= 0.3 is 0 Å². The van der Waals surface area contributed by atoms with E-state index < -0.39 is 0 Å². The maximum absolute atomic E-state index is 5.14. The zero-order valence-corrected chi connectivity index (χ0v) is 12.9. The summed E-state index contributed by atoms with van der Waals surface area (Å²) < 4.78 is 11.9. The summed E-state index contributed by atoms with van der Waals surface area (Å²) in [6.07, 6.45) is 0.